The number of hydrogen-bond donors (Lipinski definition) is 1. The lowest BCUT2D eigenvalue weighted by Crippen LogP contribution is -2.14. The predicted molar refractivity (Wildman–Crippen MR) is 42.6 cm³/mol. The molecule has 0 aromatic heterocycles. The molecule has 2 aliphatic rings. The summed E-state index contributed by atoms with van der Waals surface area (Å²) in [5.41, 5.74) is 6.45. The first-order chi connectivity index (χ1) is 5.20. The van der Waals surface area contributed by atoms with Crippen molar-refractivity contribution in [3.63, 3.8) is 0 Å². The highest BCUT2D eigenvalue weighted by Gasteiger charge is 2.51. The molecule has 0 radical (unpaired) electrons. The molecule has 0 aliphatic heterocycles. The minimum absolute atomic E-state index is 0.0868. The van der Waals surface area contributed by atoms with Gasteiger partial charge in [0.25, 0.3) is 0 Å². The quantitative estimate of drug-likeness (QED) is 0.590. The van der Waals surface area contributed by atoms with E-state index in [1.165, 1.54) is 5.57 Å². The summed E-state index contributed by atoms with van der Waals surface area (Å²) in [6, 6.07) is 0. The van der Waals surface area contributed by atoms with Gasteiger partial charge in [0.1, 0.15) is 0 Å². The van der Waals surface area contributed by atoms with E-state index in [2.05, 4.69) is 18.2 Å². The van der Waals surface area contributed by atoms with Crippen molar-refractivity contribution in [1.82, 2.24) is 0 Å². The molecule has 3 unspecified atom stereocenters. The predicted octanol–water partition coefficient (Wildman–Crippen LogP) is 0.850. The summed E-state index contributed by atoms with van der Waals surface area (Å²) >= 11 is 0. The van der Waals surface area contributed by atoms with Gasteiger partial charge in [0, 0.05) is 0 Å². The van der Waals surface area contributed by atoms with Crippen LogP contribution in [0.5, 0.6) is 0 Å². The number of carbonyl (C=O) groups excluding carboxylic acids is 1. The molecule has 1 fully saturated rings. The lowest BCUT2D eigenvalue weighted by molar-refractivity contribution is -0.119. The van der Waals surface area contributed by atoms with Gasteiger partial charge >= 0.3 is 0 Å². The van der Waals surface area contributed by atoms with E-state index >= 15 is 0 Å². The number of nitrogens with two attached hydrogens (primary N) is 1. The summed E-state index contributed by atoms with van der Waals surface area (Å²) in [7, 11) is 0. The number of allylic oxidation sites excluding steroid dienone is 4. The van der Waals surface area contributed by atoms with Crippen molar-refractivity contribution in [2.24, 2.45) is 23.5 Å². The summed E-state index contributed by atoms with van der Waals surface area (Å²) in [5.74, 6) is 0.757. The van der Waals surface area contributed by atoms with Gasteiger partial charge < -0.3 is 5.73 Å². The molecule has 2 rings (SSSR count). The molecule has 0 aromatic rings. The topological polar surface area (TPSA) is 43.1 Å². The van der Waals surface area contributed by atoms with Crippen LogP contribution in [-0.4, -0.2) is 5.91 Å². The summed E-state index contributed by atoms with van der Waals surface area (Å²) < 4.78 is 0. The molecule has 58 valence electrons. The van der Waals surface area contributed by atoms with Gasteiger partial charge in [-0.05, 0) is 18.8 Å². The van der Waals surface area contributed by atoms with E-state index in [1.54, 1.807) is 0 Å². The Hall–Kier alpha value is -1.05. The highest BCUT2D eigenvalue weighted by molar-refractivity contribution is 5.81. The van der Waals surface area contributed by atoms with E-state index in [9.17, 15) is 4.79 Å². The molecular weight excluding hydrogens is 138 g/mol. The summed E-state index contributed by atoms with van der Waals surface area (Å²) in [6.45, 7) is 2.04. The Labute approximate surface area is 65.8 Å². The van der Waals surface area contributed by atoms with Crippen LogP contribution < -0.4 is 5.73 Å². The van der Waals surface area contributed by atoms with Gasteiger partial charge in [0.05, 0.1) is 5.92 Å². The van der Waals surface area contributed by atoms with Crippen molar-refractivity contribution >= 4 is 5.91 Å². The van der Waals surface area contributed by atoms with Gasteiger partial charge in [0.2, 0.25) is 5.91 Å². The van der Waals surface area contributed by atoms with Crippen molar-refractivity contribution in [3.8, 4) is 0 Å². The van der Waals surface area contributed by atoms with E-state index in [-0.39, 0.29) is 11.8 Å². The first-order valence-electron chi connectivity index (χ1n) is 3.86. The van der Waals surface area contributed by atoms with E-state index in [0.717, 1.165) is 0 Å². The maximum atomic E-state index is 10.8. The SMILES string of the molecule is CC1=CC2C(C=C1)C2C(N)=O. The van der Waals surface area contributed by atoms with Gasteiger partial charge in [0.15, 0.2) is 0 Å². The third-order valence-corrected chi connectivity index (χ3v) is 2.50. The van der Waals surface area contributed by atoms with Gasteiger partial charge in [-0.2, -0.15) is 0 Å². The number of primary amides is 1. The van der Waals surface area contributed by atoms with Crippen LogP contribution in [0.3, 0.4) is 0 Å². The first-order valence-corrected chi connectivity index (χ1v) is 3.86. The molecule has 0 bridgehead atoms. The van der Waals surface area contributed by atoms with E-state index in [1.807, 2.05) is 6.92 Å². The highest BCUT2D eigenvalue weighted by Crippen LogP contribution is 2.50. The Bertz CT molecular complexity index is 265. The van der Waals surface area contributed by atoms with Crippen LogP contribution in [-0.2, 0) is 4.79 Å². The van der Waals surface area contributed by atoms with Crippen LogP contribution in [0.2, 0.25) is 0 Å². The van der Waals surface area contributed by atoms with Crippen LogP contribution in [0.25, 0.3) is 0 Å². The van der Waals surface area contributed by atoms with Gasteiger partial charge in [-0.15, -0.1) is 0 Å². The fourth-order valence-corrected chi connectivity index (χ4v) is 1.82. The van der Waals surface area contributed by atoms with Crippen LogP contribution in [0.1, 0.15) is 6.92 Å². The van der Waals surface area contributed by atoms with E-state index < -0.39 is 0 Å². The maximum Gasteiger partial charge on any atom is 0.221 e. The number of amides is 1. The third kappa shape index (κ3) is 0.897. The van der Waals surface area contributed by atoms with Crippen LogP contribution in [0.15, 0.2) is 23.8 Å². The van der Waals surface area contributed by atoms with Gasteiger partial charge in [-0.3, -0.25) is 4.79 Å². The van der Waals surface area contributed by atoms with Crippen molar-refractivity contribution in [3.05, 3.63) is 23.8 Å². The molecule has 0 aromatic carbocycles. The number of carbonyl (C=O) groups is 1. The first kappa shape index (κ1) is 6.65. The molecule has 2 aliphatic carbocycles. The number of hydrogen-bond acceptors (Lipinski definition) is 1. The van der Waals surface area contributed by atoms with Crippen LogP contribution in [0, 0.1) is 17.8 Å². The molecule has 1 saturated carbocycles. The Morgan fingerprint density at radius 1 is 1.55 bits per heavy atom. The zero-order valence-electron chi connectivity index (χ0n) is 6.45. The largest absolute Gasteiger partial charge is 0.369 e. The van der Waals surface area contributed by atoms with E-state index in [0.29, 0.717) is 11.8 Å². The summed E-state index contributed by atoms with van der Waals surface area (Å²) in [4.78, 5) is 10.8. The monoisotopic (exact) mass is 149 g/mol. The molecular formula is C9H11NO. The third-order valence-electron chi connectivity index (χ3n) is 2.50. The van der Waals surface area contributed by atoms with Crippen LogP contribution >= 0.6 is 0 Å². The Balaban J connectivity index is 2.18. The standard InChI is InChI=1S/C9H11NO/c1-5-2-3-6-7(4-5)8(6)9(10)11/h2-4,6-8H,1H3,(H2,10,11). The fraction of sp³-hybridized carbons (Fsp3) is 0.444. The van der Waals surface area contributed by atoms with Gasteiger partial charge in [-0.1, -0.05) is 23.8 Å². The molecule has 2 nitrogen and oxygen atoms in total. The molecule has 3 atom stereocenters. The van der Waals surface area contributed by atoms with Crippen LogP contribution in [0.4, 0.5) is 0 Å². The second-order valence-electron chi connectivity index (χ2n) is 3.35. The molecule has 2 N–H and O–H groups in total. The lowest BCUT2D eigenvalue weighted by Gasteiger charge is -1.95. The molecule has 2 heteroatoms. The van der Waals surface area contributed by atoms with E-state index in [4.69, 9.17) is 5.73 Å². The lowest BCUT2D eigenvalue weighted by atomic mass is 10.1. The second kappa shape index (κ2) is 1.97. The Kier molecular flexibility index (Phi) is 1.19. The minimum atomic E-state index is -0.157. The molecule has 0 saturated heterocycles. The van der Waals surface area contributed by atoms with Crippen molar-refractivity contribution < 1.29 is 4.79 Å². The molecule has 0 spiro atoms. The maximum absolute atomic E-state index is 10.8. The minimum Gasteiger partial charge on any atom is -0.369 e. The Morgan fingerprint density at radius 3 is 2.82 bits per heavy atom. The highest BCUT2D eigenvalue weighted by atomic mass is 16.1. The zero-order chi connectivity index (χ0) is 8.01. The molecule has 11 heavy (non-hydrogen) atoms. The van der Waals surface area contributed by atoms with Crippen molar-refractivity contribution in [2.75, 3.05) is 0 Å². The molecule has 0 heterocycles. The molecule has 1 amide bonds. The number of fused-ring (bicyclic) bond motifs is 1. The average Bonchev–Trinajstić information content (AvgIpc) is 2.60. The number of rotatable bonds is 1. The van der Waals surface area contributed by atoms with Gasteiger partial charge in [-0.25, -0.2) is 0 Å². The Morgan fingerprint density at radius 2 is 2.27 bits per heavy atom. The van der Waals surface area contributed by atoms with Crippen molar-refractivity contribution in [1.29, 1.82) is 0 Å². The zero-order valence-corrected chi connectivity index (χ0v) is 6.45. The summed E-state index contributed by atoms with van der Waals surface area (Å²) in [5, 5.41) is 0. The normalized spacial score (nSPS) is 39.4. The van der Waals surface area contributed by atoms with Crippen molar-refractivity contribution in [2.45, 2.75) is 6.92 Å². The fourth-order valence-electron chi connectivity index (χ4n) is 1.82. The smallest absolute Gasteiger partial charge is 0.221 e. The summed E-state index contributed by atoms with van der Waals surface area (Å²) in [6.07, 6.45) is 6.29. The average molecular weight is 149 g/mol. The second-order valence-corrected chi connectivity index (χ2v) is 3.35.